The Morgan fingerprint density at radius 3 is 2.18 bits per heavy atom. The van der Waals surface area contributed by atoms with Gasteiger partial charge in [-0.1, -0.05) is 42.9 Å². The summed E-state index contributed by atoms with van der Waals surface area (Å²) in [5.41, 5.74) is 2.79. The quantitative estimate of drug-likeness (QED) is 0.425. The number of rotatable bonds is 3. The molecule has 11 heavy (non-hydrogen) atoms. The lowest BCUT2D eigenvalue weighted by Crippen LogP contribution is -1.97. The first-order valence-electron chi connectivity index (χ1n) is 4.05. The first kappa shape index (κ1) is 10.2. The van der Waals surface area contributed by atoms with E-state index < -0.39 is 0 Å². The maximum absolute atomic E-state index is 3.67. The fourth-order valence-electron chi connectivity index (χ4n) is 0.939. The Morgan fingerprint density at radius 2 is 1.82 bits per heavy atom. The van der Waals surface area contributed by atoms with Gasteiger partial charge in [0.2, 0.25) is 0 Å². The minimum absolute atomic E-state index is 0.554. The molecule has 0 bridgehead atoms. The Kier molecular flexibility index (Phi) is 4.60. The Balaban J connectivity index is 4.36. The van der Waals surface area contributed by atoms with E-state index in [1.165, 1.54) is 11.1 Å². The van der Waals surface area contributed by atoms with Crippen molar-refractivity contribution < 1.29 is 0 Å². The molecule has 0 nitrogen and oxygen atoms in total. The zero-order chi connectivity index (χ0) is 8.85. The second-order valence-corrected chi connectivity index (χ2v) is 2.90. The van der Waals surface area contributed by atoms with Gasteiger partial charge >= 0.3 is 0 Å². The maximum atomic E-state index is 3.67. The summed E-state index contributed by atoms with van der Waals surface area (Å²) in [7, 11) is 0. The third kappa shape index (κ3) is 3.22. The Bertz CT molecular complexity index is 182. The van der Waals surface area contributed by atoms with Crippen LogP contribution in [-0.2, 0) is 0 Å². The van der Waals surface area contributed by atoms with Crippen molar-refractivity contribution in [3.8, 4) is 0 Å². The van der Waals surface area contributed by atoms with E-state index in [-0.39, 0.29) is 0 Å². The lowest BCUT2D eigenvalue weighted by atomic mass is 9.94. The summed E-state index contributed by atoms with van der Waals surface area (Å²) in [5, 5.41) is 0. The van der Waals surface area contributed by atoms with Gasteiger partial charge in [0.25, 0.3) is 0 Å². The zero-order valence-corrected chi connectivity index (χ0v) is 8.02. The van der Waals surface area contributed by atoms with Crippen LogP contribution in [0, 0.1) is 5.92 Å². The standard InChI is InChI=1S/C11H18/c1-6-8-10(4)11(5)9(3)7-2/h6-8,11H,1H2,2-5H3. The zero-order valence-electron chi connectivity index (χ0n) is 8.02. The third-order valence-electron chi connectivity index (χ3n) is 2.20. The summed E-state index contributed by atoms with van der Waals surface area (Å²) in [5.74, 6) is 0.554. The number of allylic oxidation sites excluding steroid dienone is 5. The van der Waals surface area contributed by atoms with Gasteiger partial charge < -0.3 is 0 Å². The van der Waals surface area contributed by atoms with Gasteiger partial charge in [-0.3, -0.25) is 0 Å². The van der Waals surface area contributed by atoms with E-state index in [9.17, 15) is 0 Å². The molecule has 0 aliphatic carbocycles. The van der Waals surface area contributed by atoms with Crippen molar-refractivity contribution >= 4 is 0 Å². The molecule has 1 unspecified atom stereocenters. The second-order valence-electron chi connectivity index (χ2n) is 2.90. The normalized spacial score (nSPS) is 16.4. The van der Waals surface area contributed by atoms with Gasteiger partial charge in [0.15, 0.2) is 0 Å². The van der Waals surface area contributed by atoms with Crippen LogP contribution in [0.25, 0.3) is 0 Å². The molecule has 0 radical (unpaired) electrons. The van der Waals surface area contributed by atoms with E-state index in [2.05, 4.69) is 46.4 Å². The van der Waals surface area contributed by atoms with Crippen LogP contribution in [0.15, 0.2) is 36.0 Å². The van der Waals surface area contributed by atoms with E-state index in [1.54, 1.807) is 0 Å². The first-order chi connectivity index (χ1) is 5.13. The molecule has 0 aliphatic heterocycles. The SMILES string of the molecule is C=CC=C(C)C(C)C(C)=CC. The molecule has 0 fully saturated rings. The van der Waals surface area contributed by atoms with Crippen LogP contribution in [0.5, 0.6) is 0 Å². The summed E-state index contributed by atoms with van der Waals surface area (Å²) >= 11 is 0. The Hall–Kier alpha value is -0.780. The summed E-state index contributed by atoms with van der Waals surface area (Å²) in [6.07, 6.45) is 6.07. The average Bonchev–Trinajstić information content (AvgIpc) is 2.02. The molecule has 0 heteroatoms. The van der Waals surface area contributed by atoms with Crippen molar-refractivity contribution in [3.05, 3.63) is 36.0 Å². The lowest BCUT2D eigenvalue weighted by molar-refractivity contribution is 0.798. The molecule has 0 aliphatic rings. The van der Waals surface area contributed by atoms with Gasteiger partial charge in [-0.25, -0.2) is 0 Å². The molecular formula is C11H18. The van der Waals surface area contributed by atoms with Gasteiger partial charge in [-0.15, -0.1) is 0 Å². The molecule has 0 N–H and O–H groups in total. The van der Waals surface area contributed by atoms with Crippen LogP contribution in [0.2, 0.25) is 0 Å². The smallest absolute Gasteiger partial charge is 0.00240 e. The first-order valence-corrected chi connectivity index (χ1v) is 4.05. The van der Waals surface area contributed by atoms with Gasteiger partial charge in [0.1, 0.15) is 0 Å². The van der Waals surface area contributed by atoms with E-state index in [0.717, 1.165) is 0 Å². The van der Waals surface area contributed by atoms with Crippen molar-refractivity contribution in [2.24, 2.45) is 5.92 Å². The van der Waals surface area contributed by atoms with Gasteiger partial charge in [0, 0.05) is 0 Å². The van der Waals surface area contributed by atoms with Gasteiger partial charge in [0.05, 0.1) is 0 Å². The molecule has 0 spiro atoms. The van der Waals surface area contributed by atoms with Crippen molar-refractivity contribution in [1.29, 1.82) is 0 Å². The molecule has 0 rings (SSSR count). The molecule has 1 atom stereocenters. The predicted octanol–water partition coefficient (Wildman–Crippen LogP) is 3.72. The number of hydrogen-bond acceptors (Lipinski definition) is 0. The van der Waals surface area contributed by atoms with Crippen molar-refractivity contribution in [1.82, 2.24) is 0 Å². The molecule has 0 saturated carbocycles. The summed E-state index contributed by atoms with van der Waals surface area (Å²) in [4.78, 5) is 0. The van der Waals surface area contributed by atoms with Crippen LogP contribution in [0.3, 0.4) is 0 Å². The Labute approximate surface area is 70.3 Å². The highest BCUT2D eigenvalue weighted by molar-refractivity contribution is 5.19. The molecule has 0 heterocycles. The van der Waals surface area contributed by atoms with Gasteiger partial charge in [-0.05, 0) is 26.7 Å². The highest BCUT2D eigenvalue weighted by Gasteiger charge is 2.03. The van der Waals surface area contributed by atoms with Crippen molar-refractivity contribution in [3.63, 3.8) is 0 Å². The van der Waals surface area contributed by atoms with E-state index in [1.807, 2.05) is 6.08 Å². The van der Waals surface area contributed by atoms with Gasteiger partial charge in [-0.2, -0.15) is 0 Å². The minimum atomic E-state index is 0.554. The molecule has 0 saturated heterocycles. The predicted molar refractivity (Wildman–Crippen MR) is 52.5 cm³/mol. The summed E-state index contributed by atoms with van der Waals surface area (Å²) in [6.45, 7) is 12.3. The number of hydrogen-bond donors (Lipinski definition) is 0. The second kappa shape index (κ2) is 4.95. The average molecular weight is 150 g/mol. The maximum Gasteiger partial charge on any atom is -0.00240 e. The highest BCUT2D eigenvalue weighted by atomic mass is 14.1. The van der Waals surface area contributed by atoms with Crippen LogP contribution in [0.4, 0.5) is 0 Å². The molecule has 0 aromatic rings. The largest absolute Gasteiger partial charge is 0.0991 e. The van der Waals surface area contributed by atoms with E-state index in [0.29, 0.717) is 5.92 Å². The lowest BCUT2D eigenvalue weighted by Gasteiger charge is -2.11. The van der Waals surface area contributed by atoms with E-state index >= 15 is 0 Å². The molecule has 0 amide bonds. The Morgan fingerprint density at radius 1 is 1.27 bits per heavy atom. The fourth-order valence-corrected chi connectivity index (χ4v) is 0.939. The summed E-state index contributed by atoms with van der Waals surface area (Å²) in [6, 6.07) is 0. The van der Waals surface area contributed by atoms with Crippen LogP contribution in [0.1, 0.15) is 27.7 Å². The van der Waals surface area contributed by atoms with Crippen LogP contribution < -0.4 is 0 Å². The van der Waals surface area contributed by atoms with Crippen molar-refractivity contribution in [2.45, 2.75) is 27.7 Å². The topological polar surface area (TPSA) is 0 Å². The fraction of sp³-hybridized carbons (Fsp3) is 0.455. The minimum Gasteiger partial charge on any atom is -0.0991 e. The van der Waals surface area contributed by atoms with Crippen LogP contribution in [-0.4, -0.2) is 0 Å². The highest BCUT2D eigenvalue weighted by Crippen LogP contribution is 2.18. The molecular weight excluding hydrogens is 132 g/mol. The van der Waals surface area contributed by atoms with Crippen molar-refractivity contribution in [2.75, 3.05) is 0 Å². The molecule has 0 aromatic carbocycles. The molecule has 0 aromatic heterocycles. The molecule has 62 valence electrons. The summed E-state index contributed by atoms with van der Waals surface area (Å²) < 4.78 is 0. The van der Waals surface area contributed by atoms with E-state index in [4.69, 9.17) is 0 Å². The monoisotopic (exact) mass is 150 g/mol. The van der Waals surface area contributed by atoms with Crippen LogP contribution >= 0.6 is 0 Å². The third-order valence-corrected chi connectivity index (χ3v) is 2.20.